The van der Waals surface area contributed by atoms with Crippen molar-refractivity contribution in [3.05, 3.63) is 45.8 Å². The van der Waals surface area contributed by atoms with Gasteiger partial charge in [0, 0.05) is 16.7 Å². The summed E-state index contributed by atoms with van der Waals surface area (Å²) in [7, 11) is 1.41. The summed E-state index contributed by atoms with van der Waals surface area (Å²) in [6.45, 7) is 0. The molecule has 1 amide bonds. The zero-order valence-electron chi connectivity index (χ0n) is 10.9. The Bertz CT molecular complexity index is 662. The van der Waals surface area contributed by atoms with E-state index in [4.69, 9.17) is 27.9 Å². The number of nitrogens with zero attached hydrogens (tertiary/aromatic N) is 2. The molecule has 0 spiro atoms. The number of ether oxygens (including phenoxy) is 1. The van der Waals surface area contributed by atoms with Crippen LogP contribution in [0.5, 0.6) is 5.88 Å². The van der Waals surface area contributed by atoms with E-state index < -0.39 is 11.7 Å². The first-order chi connectivity index (χ1) is 9.99. The van der Waals surface area contributed by atoms with Crippen molar-refractivity contribution in [2.24, 2.45) is 0 Å². The van der Waals surface area contributed by atoms with Gasteiger partial charge in [0.25, 0.3) is 0 Å². The number of methoxy groups -OCH3 is 1. The van der Waals surface area contributed by atoms with E-state index in [-0.39, 0.29) is 34.0 Å². The third-order valence-corrected chi connectivity index (χ3v) is 3.08. The maximum atomic E-state index is 13.6. The molecule has 0 unspecified atom stereocenters. The second-order valence-electron chi connectivity index (χ2n) is 3.98. The number of nitrogens with one attached hydrogen (secondary N) is 1. The van der Waals surface area contributed by atoms with Gasteiger partial charge in [-0.1, -0.05) is 29.3 Å². The summed E-state index contributed by atoms with van der Waals surface area (Å²) in [5, 5.41) is 2.70. The Morgan fingerprint density at radius 2 is 2.14 bits per heavy atom. The van der Waals surface area contributed by atoms with E-state index in [1.807, 2.05) is 0 Å². The summed E-state index contributed by atoms with van der Waals surface area (Å²) in [6, 6.07) is 5.59. The highest BCUT2D eigenvalue weighted by atomic mass is 35.5. The van der Waals surface area contributed by atoms with E-state index in [2.05, 4.69) is 15.3 Å². The predicted molar refractivity (Wildman–Crippen MR) is 77.3 cm³/mol. The van der Waals surface area contributed by atoms with Crippen LogP contribution in [0.3, 0.4) is 0 Å². The molecule has 0 bridgehead atoms. The lowest BCUT2D eigenvalue weighted by Crippen LogP contribution is -2.17. The molecule has 2 aromatic rings. The maximum absolute atomic E-state index is 13.6. The van der Waals surface area contributed by atoms with Crippen molar-refractivity contribution in [1.82, 2.24) is 9.97 Å². The van der Waals surface area contributed by atoms with E-state index in [0.29, 0.717) is 0 Å². The molecule has 0 saturated heterocycles. The van der Waals surface area contributed by atoms with Gasteiger partial charge in [0.15, 0.2) is 0 Å². The molecule has 0 saturated carbocycles. The molecule has 0 atom stereocenters. The number of hydrogen-bond donors (Lipinski definition) is 1. The summed E-state index contributed by atoms with van der Waals surface area (Å²) in [4.78, 5) is 19.6. The standard InChI is InChI=1S/C13H10Cl2FN3O2/c1-21-12-6-10(15)17-13(19-12)18-11(20)5-7-8(14)3-2-4-9(7)16/h2-4,6H,5H2,1H3,(H,17,18,19,20). The zero-order valence-corrected chi connectivity index (χ0v) is 12.4. The molecule has 8 heteroatoms. The Balaban J connectivity index is 2.14. The van der Waals surface area contributed by atoms with Gasteiger partial charge in [-0.2, -0.15) is 4.98 Å². The minimum absolute atomic E-state index is 0.0307. The predicted octanol–water partition coefficient (Wildman–Crippen LogP) is 3.11. The molecule has 2 rings (SSSR count). The van der Waals surface area contributed by atoms with Crippen molar-refractivity contribution in [3.63, 3.8) is 0 Å². The number of carbonyl (C=O) groups is 1. The first-order valence-electron chi connectivity index (χ1n) is 5.81. The first-order valence-corrected chi connectivity index (χ1v) is 6.56. The molecule has 21 heavy (non-hydrogen) atoms. The van der Waals surface area contributed by atoms with Gasteiger partial charge in [0.2, 0.25) is 17.7 Å². The average molecular weight is 330 g/mol. The van der Waals surface area contributed by atoms with Gasteiger partial charge in [-0.25, -0.2) is 9.37 Å². The molecule has 0 aliphatic heterocycles. The fourth-order valence-electron chi connectivity index (χ4n) is 1.59. The van der Waals surface area contributed by atoms with Crippen molar-refractivity contribution >= 4 is 35.1 Å². The van der Waals surface area contributed by atoms with Crippen molar-refractivity contribution in [1.29, 1.82) is 0 Å². The molecule has 0 aliphatic rings. The molecule has 1 N–H and O–H groups in total. The molecule has 110 valence electrons. The number of halogens is 3. The second kappa shape index (κ2) is 6.69. The molecule has 5 nitrogen and oxygen atoms in total. The zero-order chi connectivity index (χ0) is 15.4. The van der Waals surface area contributed by atoms with Crippen LogP contribution in [0.2, 0.25) is 10.2 Å². The van der Waals surface area contributed by atoms with E-state index in [1.165, 1.54) is 31.4 Å². The Labute approximate surface area is 130 Å². The lowest BCUT2D eigenvalue weighted by molar-refractivity contribution is -0.115. The highest BCUT2D eigenvalue weighted by Crippen LogP contribution is 2.20. The number of anilines is 1. The Morgan fingerprint density at radius 1 is 1.38 bits per heavy atom. The van der Waals surface area contributed by atoms with Crippen LogP contribution in [-0.4, -0.2) is 23.0 Å². The van der Waals surface area contributed by atoms with Crippen molar-refractivity contribution < 1.29 is 13.9 Å². The second-order valence-corrected chi connectivity index (χ2v) is 4.78. The van der Waals surface area contributed by atoms with Crippen LogP contribution in [0.15, 0.2) is 24.3 Å². The molecular weight excluding hydrogens is 320 g/mol. The van der Waals surface area contributed by atoms with E-state index in [1.54, 1.807) is 0 Å². The topological polar surface area (TPSA) is 64.1 Å². The number of rotatable bonds is 4. The maximum Gasteiger partial charge on any atom is 0.234 e. The lowest BCUT2D eigenvalue weighted by atomic mass is 10.1. The summed E-state index contributed by atoms with van der Waals surface area (Å²) >= 11 is 11.6. The van der Waals surface area contributed by atoms with Gasteiger partial charge in [0.1, 0.15) is 11.0 Å². The van der Waals surface area contributed by atoms with E-state index in [0.717, 1.165) is 0 Å². The lowest BCUT2D eigenvalue weighted by Gasteiger charge is -2.07. The summed E-state index contributed by atoms with van der Waals surface area (Å²) in [6.07, 6.45) is -0.246. The molecule has 0 fully saturated rings. The van der Waals surface area contributed by atoms with Crippen molar-refractivity contribution in [2.75, 3.05) is 12.4 Å². The van der Waals surface area contributed by atoms with Gasteiger partial charge in [0.05, 0.1) is 13.5 Å². The van der Waals surface area contributed by atoms with Crippen LogP contribution in [0.1, 0.15) is 5.56 Å². The number of aromatic nitrogens is 2. The van der Waals surface area contributed by atoms with Gasteiger partial charge in [-0.05, 0) is 12.1 Å². The number of amides is 1. The summed E-state index contributed by atoms with van der Waals surface area (Å²) in [5.74, 6) is -0.903. The van der Waals surface area contributed by atoms with Crippen LogP contribution in [0, 0.1) is 5.82 Å². The molecule has 1 heterocycles. The Hall–Kier alpha value is -1.92. The normalized spacial score (nSPS) is 10.3. The van der Waals surface area contributed by atoms with E-state index in [9.17, 15) is 9.18 Å². The number of carbonyl (C=O) groups excluding carboxylic acids is 1. The highest BCUT2D eigenvalue weighted by Gasteiger charge is 2.13. The van der Waals surface area contributed by atoms with Gasteiger partial charge in [-0.3, -0.25) is 10.1 Å². The number of hydrogen-bond acceptors (Lipinski definition) is 4. The summed E-state index contributed by atoms with van der Waals surface area (Å²) in [5.41, 5.74) is 0.102. The molecule has 1 aromatic carbocycles. The first kappa shape index (κ1) is 15.5. The highest BCUT2D eigenvalue weighted by molar-refractivity contribution is 6.31. The SMILES string of the molecule is COc1cc(Cl)nc(NC(=O)Cc2c(F)cccc2Cl)n1. The quantitative estimate of drug-likeness (QED) is 0.875. The number of benzene rings is 1. The van der Waals surface area contributed by atoms with Crippen LogP contribution < -0.4 is 10.1 Å². The van der Waals surface area contributed by atoms with Gasteiger partial charge in [-0.15, -0.1) is 0 Å². The van der Waals surface area contributed by atoms with Crippen molar-refractivity contribution in [2.45, 2.75) is 6.42 Å². The fraction of sp³-hybridized carbons (Fsp3) is 0.154. The van der Waals surface area contributed by atoms with Crippen LogP contribution in [-0.2, 0) is 11.2 Å². The smallest absolute Gasteiger partial charge is 0.234 e. The van der Waals surface area contributed by atoms with Gasteiger partial charge >= 0.3 is 0 Å². The van der Waals surface area contributed by atoms with Crippen LogP contribution in [0.4, 0.5) is 10.3 Å². The monoisotopic (exact) mass is 329 g/mol. The minimum Gasteiger partial charge on any atom is -0.481 e. The molecular formula is C13H10Cl2FN3O2. The molecule has 1 aromatic heterocycles. The molecule has 0 aliphatic carbocycles. The van der Waals surface area contributed by atoms with Crippen LogP contribution >= 0.6 is 23.2 Å². The Morgan fingerprint density at radius 3 is 2.81 bits per heavy atom. The summed E-state index contributed by atoms with van der Waals surface area (Å²) < 4.78 is 18.5. The third kappa shape index (κ3) is 4.03. The molecule has 0 radical (unpaired) electrons. The fourth-order valence-corrected chi connectivity index (χ4v) is 1.99. The van der Waals surface area contributed by atoms with Gasteiger partial charge < -0.3 is 4.74 Å². The van der Waals surface area contributed by atoms with Crippen molar-refractivity contribution in [3.8, 4) is 5.88 Å². The third-order valence-electron chi connectivity index (χ3n) is 2.53. The Kier molecular flexibility index (Phi) is 4.93. The van der Waals surface area contributed by atoms with Crippen LogP contribution in [0.25, 0.3) is 0 Å². The average Bonchev–Trinajstić information content (AvgIpc) is 2.42. The minimum atomic E-state index is -0.553. The van der Waals surface area contributed by atoms with E-state index >= 15 is 0 Å². The largest absolute Gasteiger partial charge is 0.481 e.